The summed E-state index contributed by atoms with van der Waals surface area (Å²) in [5.41, 5.74) is -0.361. The van der Waals surface area contributed by atoms with Crippen molar-refractivity contribution in [2.24, 2.45) is 0 Å². The van der Waals surface area contributed by atoms with Crippen LogP contribution in [0.15, 0.2) is 24.3 Å². The summed E-state index contributed by atoms with van der Waals surface area (Å²) in [5, 5.41) is 0. The number of rotatable bonds is 3. The number of thiol groups is 1. The van der Waals surface area contributed by atoms with Gasteiger partial charge in [-0.05, 0) is 17.7 Å². The van der Waals surface area contributed by atoms with Gasteiger partial charge in [0.15, 0.2) is 0 Å². The number of benzene rings is 1. The van der Waals surface area contributed by atoms with Crippen molar-refractivity contribution in [3.8, 4) is 0 Å². The molecule has 0 bridgehead atoms. The summed E-state index contributed by atoms with van der Waals surface area (Å²) < 4.78 is 61.7. The van der Waals surface area contributed by atoms with Crippen LogP contribution >= 0.6 is 12.6 Å². The fourth-order valence-electron chi connectivity index (χ4n) is 1.17. The quantitative estimate of drug-likeness (QED) is 0.617. The van der Waals surface area contributed by atoms with E-state index in [1.165, 1.54) is 12.1 Å². The number of hydrogen-bond donors (Lipinski definition) is 1. The van der Waals surface area contributed by atoms with Gasteiger partial charge in [-0.25, -0.2) is 0 Å². The number of halogens is 5. The first-order chi connectivity index (χ1) is 7.29. The molecule has 0 spiro atoms. The lowest BCUT2D eigenvalue weighted by Gasteiger charge is -2.19. The topological polar surface area (TPSA) is 0 Å². The summed E-state index contributed by atoms with van der Waals surface area (Å²) in [4.78, 5) is 0. The lowest BCUT2D eigenvalue weighted by Crippen LogP contribution is -2.33. The molecule has 0 radical (unpaired) electrons. The van der Waals surface area contributed by atoms with Gasteiger partial charge in [-0.1, -0.05) is 24.3 Å². The number of alkyl halides is 5. The summed E-state index contributed by atoms with van der Waals surface area (Å²) in [6.07, 6.45) is -5.03. The third kappa shape index (κ3) is 2.66. The van der Waals surface area contributed by atoms with Crippen molar-refractivity contribution in [1.29, 1.82) is 0 Å². The Bertz CT molecular complexity index is 341. The molecular weight excluding hydrogens is 247 g/mol. The zero-order valence-corrected chi connectivity index (χ0v) is 8.96. The van der Waals surface area contributed by atoms with E-state index >= 15 is 0 Å². The molecule has 0 aliphatic heterocycles. The molecule has 0 atom stereocenters. The molecule has 1 rings (SSSR count). The first-order valence-electron chi connectivity index (χ1n) is 4.44. The molecule has 0 aromatic heterocycles. The van der Waals surface area contributed by atoms with Crippen molar-refractivity contribution in [2.45, 2.75) is 18.5 Å². The largest absolute Gasteiger partial charge is 0.458 e. The van der Waals surface area contributed by atoms with Crippen molar-refractivity contribution in [1.82, 2.24) is 0 Å². The Kier molecular flexibility index (Phi) is 3.83. The lowest BCUT2D eigenvalue weighted by atomic mass is 10.0. The third-order valence-corrected chi connectivity index (χ3v) is 2.30. The molecule has 0 fully saturated rings. The maximum absolute atomic E-state index is 12.8. The lowest BCUT2D eigenvalue weighted by molar-refractivity contribution is -0.289. The second-order valence-corrected chi connectivity index (χ2v) is 3.69. The Morgan fingerprint density at radius 1 is 0.938 bits per heavy atom. The van der Waals surface area contributed by atoms with E-state index in [0.717, 1.165) is 12.1 Å². The second kappa shape index (κ2) is 4.61. The van der Waals surface area contributed by atoms with E-state index in [2.05, 4.69) is 12.6 Å². The molecule has 90 valence electrons. The van der Waals surface area contributed by atoms with E-state index in [1.54, 1.807) is 0 Å². The Morgan fingerprint density at radius 3 is 1.81 bits per heavy atom. The smallest absolute Gasteiger partial charge is 0.191 e. The molecule has 0 amide bonds. The van der Waals surface area contributed by atoms with Gasteiger partial charge in [0.25, 0.3) is 0 Å². The van der Waals surface area contributed by atoms with Crippen LogP contribution in [0.5, 0.6) is 0 Å². The monoisotopic (exact) mass is 256 g/mol. The van der Waals surface area contributed by atoms with Gasteiger partial charge < -0.3 is 0 Å². The normalized spacial score (nSPS) is 12.9. The van der Waals surface area contributed by atoms with Crippen LogP contribution in [0.2, 0.25) is 0 Å². The zero-order valence-electron chi connectivity index (χ0n) is 8.06. The third-order valence-electron chi connectivity index (χ3n) is 2.07. The highest BCUT2D eigenvalue weighted by atomic mass is 32.1. The Labute approximate surface area is 94.9 Å². The van der Waals surface area contributed by atoms with Gasteiger partial charge in [-0.15, -0.1) is 0 Å². The molecule has 16 heavy (non-hydrogen) atoms. The van der Waals surface area contributed by atoms with Gasteiger partial charge >= 0.3 is 12.1 Å². The SMILES string of the molecule is FC(F)(F)C(F)(F)c1ccc(CCS)cc1. The minimum absolute atomic E-state index is 0.509. The highest BCUT2D eigenvalue weighted by molar-refractivity contribution is 7.80. The molecule has 0 saturated carbocycles. The van der Waals surface area contributed by atoms with E-state index in [0.29, 0.717) is 17.7 Å². The molecular formula is C10H9F5S. The van der Waals surface area contributed by atoms with Crippen LogP contribution in [0.3, 0.4) is 0 Å². The molecule has 0 unspecified atom stereocenters. The van der Waals surface area contributed by atoms with Crippen LogP contribution in [0.25, 0.3) is 0 Å². The van der Waals surface area contributed by atoms with Crippen LogP contribution < -0.4 is 0 Å². The van der Waals surface area contributed by atoms with Crippen LogP contribution in [0, 0.1) is 0 Å². The van der Waals surface area contributed by atoms with E-state index in [4.69, 9.17) is 0 Å². The summed E-state index contributed by atoms with van der Waals surface area (Å²) in [6, 6.07) is 4.11. The van der Waals surface area contributed by atoms with E-state index in [9.17, 15) is 22.0 Å². The van der Waals surface area contributed by atoms with Crippen LogP contribution in [0.1, 0.15) is 11.1 Å². The standard InChI is InChI=1S/C10H9F5S/c11-9(12,10(13,14)15)8-3-1-7(2-4-8)5-6-16/h1-4,16H,5-6H2. The Morgan fingerprint density at radius 2 is 1.44 bits per heavy atom. The first kappa shape index (κ1) is 13.3. The second-order valence-electron chi connectivity index (χ2n) is 3.24. The molecule has 1 aromatic carbocycles. The van der Waals surface area contributed by atoms with Crippen molar-refractivity contribution in [3.05, 3.63) is 35.4 Å². The molecule has 0 N–H and O–H groups in total. The minimum atomic E-state index is -5.56. The number of hydrogen-bond acceptors (Lipinski definition) is 1. The van der Waals surface area contributed by atoms with Crippen molar-refractivity contribution >= 4 is 12.6 Å². The Balaban J connectivity index is 2.97. The summed E-state index contributed by atoms with van der Waals surface area (Å²) in [5.74, 6) is -4.29. The van der Waals surface area contributed by atoms with E-state index < -0.39 is 17.7 Å². The van der Waals surface area contributed by atoms with Crippen molar-refractivity contribution < 1.29 is 22.0 Å². The van der Waals surface area contributed by atoms with Crippen LogP contribution in [0.4, 0.5) is 22.0 Å². The fourth-order valence-corrected chi connectivity index (χ4v) is 1.43. The van der Waals surface area contributed by atoms with Gasteiger partial charge in [-0.2, -0.15) is 34.6 Å². The molecule has 0 heterocycles. The minimum Gasteiger partial charge on any atom is -0.191 e. The van der Waals surface area contributed by atoms with Crippen molar-refractivity contribution in [3.63, 3.8) is 0 Å². The summed E-state index contributed by atoms with van der Waals surface area (Å²) >= 11 is 3.93. The van der Waals surface area contributed by atoms with E-state index in [1.807, 2.05) is 0 Å². The molecule has 6 heteroatoms. The highest BCUT2D eigenvalue weighted by Crippen LogP contribution is 2.43. The Hall–Kier alpha value is -0.780. The maximum atomic E-state index is 12.8. The number of aryl methyl sites for hydroxylation is 1. The van der Waals surface area contributed by atoms with Crippen molar-refractivity contribution in [2.75, 3.05) is 5.75 Å². The predicted octanol–water partition coefficient (Wildman–Crippen LogP) is 3.81. The van der Waals surface area contributed by atoms with Gasteiger partial charge in [0.1, 0.15) is 0 Å². The van der Waals surface area contributed by atoms with E-state index in [-0.39, 0.29) is 0 Å². The predicted molar refractivity (Wildman–Crippen MR) is 53.9 cm³/mol. The maximum Gasteiger partial charge on any atom is 0.458 e. The van der Waals surface area contributed by atoms with Crippen LogP contribution in [-0.4, -0.2) is 11.9 Å². The molecule has 0 nitrogen and oxygen atoms in total. The van der Waals surface area contributed by atoms with Gasteiger partial charge in [0.2, 0.25) is 0 Å². The fraction of sp³-hybridized carbons (Fsp3) is 0.400. The summed E-state index contributed by atoms with van der Waals surface area (Å²) in [7, 11) is 0. The zero-order chi connectivity index (χ0) is 12.4. The van der Waals surface area contributed by atoms with Gasteiger partial charge in [0.05, 0.1) is 0 Å². The van der Waals surface area contributed by atoms with Gasteiger partial charge in [0, 0.05) is 5.56 Å². The average molecular weight is 256 g/mol. The van der Waals surface area contributed by atoms with Gasteiger partial charge in [-0.3, -0.25) is 0 Å². The molecule has 0 aliphatic carbocycles. The average Bonchev–Trinajstić information content (AvgIpc) is 2.17. The highest BCUT2D eigenvalue weighted by Gasteiger charge is 2.58. The molecule has 0 saturated heterocycles. The van der Waals surface area contributed by atoms with Crippen LogP contribution in [-0.2, 0) is 12.3 Å². The first-order valence-corrected chi connectivity index (χ1v) is 5.07. The summed E-state index contributed by atoms with van der Waals surface area (Å²) in [6.45, 7) is 0. The molecule has 1 aromatic rings. The molecule has 0 aliphatic rings.